The van der Waals surface area contributed by atoms with Crippen LogP contribution < -0.4 is 10.5 Å². The molecular weight excluding hydrogens is 512 g/mol. The van der Waals surface area contributed by atoms with Gasteiger partial charge in [0.2, 0.25) is 10.0 Å². The van der Waals surface area contributed by atoms with Crippen LogP contribution in [0, 0.1) is 0 Å². The highest BCUT2D eigenvalue weighted by Gasteiger charge is 2.19. The SMILES string of the molecule is NS(=O)(=O)c1ccc(Nc2nc(SCC(=O)c3ccc(Br)cc3)nc3c2CCCC3)cc1. The third-order valence-corrected chi connectivity index (χ3v) is 7.41. The molecule has 0 atom stereocenters. The van der Waals surface area contributed by atoms with Gasteiger partial charge in [-0.3, -0.25) is 4.79 Å². The quantitative estimate of drug-likeness (QED) is 0.261. The van der Waals surface area contributed by atoms with Crippen molar-refractivity contribution in [2.45, 2.75) is 35.7 Å². The number of hydrogen-bond acceptors (Lipinski definition) is 7. The highest BCUT2D eigenvalue weighted by molar-refractivity contribution is 9.10. The summed E-state index contributed by atoms with van der Waals surface area (Å²) in [6.45, 7) is 0. The van der Waals surface area contributed by atoms with Crippen LogP contribution in [-0.2, 0) is 22.9 Å². The zero-order valence-corrected chi connectivity index (χ0v) is 20.3. The van der Waals surface area contributed by atoms with E-state index in [1.807, 2.05) is 12.1 Å². The number of nitrogens with zero attached hydrogens (tertiary/aromatic N) is 2. The molecule has 7 nitrogen and oxygen atoms in total. The Morgan fingerprint density at radius 1 is 1.03 bits per heavy atom. The summed E-state index contributed by atoms with van der Waals surface area (Å²) in [5.41, 5.74) is 3.40. The van der Waals surface area contributed by atoms with E-state index < -0.39 is 10.0 Å². The number of thioether (sulfide) groups is 1. The zero-order chi connectivity index (χ0) is 22.7. The molecule has 1 aromatic heterocycles. The number of sulfonamides is 1. The van der Waals surface area contributed by atoms with Crippen molar-refractivity contribution in [1.29, 1.82) is 0 Å². The number of rotatable bonds is 7. The number of nitrogens with two attached hydrogens (primary N) is 1. The second-order valence-corrected chi connectivity index (χ2v) is 10.8. The summed E-state index contributed by atoms with van der Waals surface area (Å²) in [5.74, 6) is 0.941. The van der Waals surface area contributed by atoms with Gasteiger partial charge < -0.3 is 5.32 Å². The number of ketones is 1. The number of hydrogen-bond donors (Lipinski definition) is 2. The number of fused-ring (bicyclic) bond motifs is 1. The Kier molecular flexibility index (Phi) is 6.94. The van der Waals surface area contributed by atoms with Crippen molar-refractivity contribution in [3.05, 3.63) is 69.8 Å². The van der Waals surface area contributed by atoms with E-state index in [1.54, 1.807) is 24.3 Å². The van der Waals surface area contributed by atoms with Gasteiger partial charge in [0, 0.05) is 21.3 Å². The first-order valence-electron chi connectivity index (χ1n) is 10.0. The van der Waals surface area contributed by atoms with Crippen LogP contribution in [0.3, 0.4) is 0 Å². The number of anilines is 2. The molecule has 32 heavy (non-hydrogen) atoms. The molecule has 1 aliphatic carbocycles. The van der Waals surface area contributed by atoms with Gasteiger partial charge in [-0.05, 0) is 62.1 Å². The molecule has 2 aromatic carbocycles. The zero-order valence-electron chi connectivity index (χ0n) is 17.0. The molecule has 0 radical (unpaired) electrons. The maximum Gasteiger partial charge on any atom is 0.238 e. The number of primary sulfonamides is 1. The average molecular weight is 533 g/mol. The van der Waals surface area contributed by atoms with Gasteiger partial charge in [0.15, 0.2) is 10.9 Å². The fraction of sp³-hybridized carbons (Fsp3) is 0.227. The third kappa shape index (κ3) is 5.55. The standard InChI is InChI=1S/C22H21BrN4O3S2/c23-15-7-5-14(6-8-15)20(28)13-31-22-26-19-4-2-1-3-18(19)21(27-22)25-16-9-11-17(12-10-16)32(24,29)30/h5-12H,1-4,13H2,(H2,24,29,30)(H,25,26,27). The van der Waals surface area contributed by atoms with Crippen molar-refractivity contribution < 1.29 is 13.2 Å². The second-order valence-electron chi connectivity index (χ2n) is 7.40. The van der Waals surface area contributed by atoms with Crippen LogP contribution in [0.1, 0.15) is 34.5 Å². The van der Waals surface area contributed by atoms with Gasteiger partial charge in [-0.15, -0.1) is 0 Å². The molecule has 4 rings (SSSR count). The van der Waals surface area contributed by atoms with Crippen molar-refractivity contribution in [3.63, 3.8) is 0 Å². The molecule has 1 aliphatic rings. The van der Waals surface area contributed by atoms with Gasteiger partial charge >= 0.3 is 0 Å². The first kappa shape index (κ1) is 22.9. The number of aromatic nitrogens is 2. The van der Waals surface area contributed by atoms with E-state index in [0.717, 1.165) is 41.4 Å². The van der Waals surface area contributed by atoms with E-state index in [1.165, 1.54) is 23.9 Å². The first-order valence-corrected chi connectivity index (χ1v) is 13.3. The Morgan fingerprint density at radius 3 is 2.41 bits per heavy atom. The molecule has 3 aromatic rings. The highest BCUT2D eigenvalue weighted by Crippen LogP contribution is 2.30. The summed E-state index contributed by atoms with van der Waals surface area (Å²) < 4.78 is 23.9. The molecule has 0 unspecified atom stereocenters. The van der Waals surface area contributed by atoms with Crippen LogP contribution in [0.4, 0.5) is 11.5 Å². The number of nitrogens with one attached hydrogen (secondary N) is 1. The lowest BCUT2D eigenvalue weighted by Gasteiger charge is -2.19. The normalized spacial score (nSPS) is 13.4. The monoisotopic (exact) mass is 532 g/mol. The lowest BCUT2D eigenvalue weighted by molar-refractivity contribution is 0.102. The minimum Gasteiger partial charge on any atom is -0.340 e. The van der Waals surface area contributed by atoms with Crippen LogP contribution >= 0.6 is 27.7 Å². The van der Waals surface area contributed by atoms with Crippen molar-refractivity contribution >= 4 is 55.0 Å². The number of aryl methyl sites for hydroxylation is 1. The smallest absolute Gasteiger partial charge is 0.238 e. The molecular formula is C22H21BrN4O3S2. The molecule has 0 saturated heterocycles. The maximum atomic E-state index is 12.5. The van der Waals surface area contributed by atoms with Crippen molar-refractivity contribution in [1.82, 2.24) is 9.97 Å². The summed E-state index contributed by atoms with van der Waals surface area (Å²) in [5, 5.41) is 9.00. The van der Waals surface area contributed by atoms with Gasteiger partial charge in [0.25, 0.3) is 0 Å². The number of carbonyl (C=O) groups is 1. The summed E-state index contributed by atoms with van der Waals surface area (Å²) >= 11 is 4.69. The minimum atomic E-state index is -3.75. The molecule has 0 amide bonds. The fourth-order valence-corrected chi connectivity index (χ4v) is 4.99. The number of halogens is 1. The molecule has 0 spiro atoms. The van der Waals surface area contributed by atoms with E-state index in [4.69, 9.17) is 10.1 Å². The van der Waals surface area contributed by atoms with E-state index in [-0.39, 0.29) is 16.4 Å². The van der Waals surface area contributed by atoms with E-state index in [0.29, 0.717) is 22.2 Å². The number of benzene rings is 2. The van der Waals surface area contributed by atoms with Crippen LogP contribution in [0.2, 0.25) is 0 Å². The van der Waals surface area contributed by atoms with Gasteiger partial charge in [-0.2, -0.15) is 0 Å². The molecule has 0 fully saturated rings. The Balaban J connectivity index is 1.55. The lowest BCUT2D eigenvalue weighted by Crippen LogP contribution is -2.13. The van der Waals surface area contributed by atoms with Crippen LogP contribution in [0.5, 0.6) is 0 Å². The second kappa shape index (κ2) is 9.70. The topological polar surface area (TPSA) is 115 Å². The Hall–Kier alpha value is -2.27. The Bertz CT molecular complexity index is 1250. The van der Waals surface area contributed by atoms with E-state index in [9.17, 15) is 13.2 Å². The summed E-state index contributed by atoms with van der Waals surface area (Å²) in [4.78, 5) is 22.0. The van der Waals surface area contributed by atoms with Crippen LogP contribution in [0.15, 0.2) is 63.1 Å². The Labute approximate surface area is 199 Å². The molecule has 10 heteroatoms. The van der Waals surface area contributed by atoms with Crippen molar-refractivity contribution in [2.24, 2.45) is 5.14 Å². The highest BCUT2D eigenvalue weighted by atomic mass is 79.9. The Morgan fingerprint density at radius 2 is 1.72 bits per heavy atom. The summed E-state index contributed by atoms with van der Waals surface area (Å²) in [6, 6.07) is 13.5. The van der Waals surface area contributed by atoms with E-state index in [2.05, 4.69) is 26.2 Å². The van der Waals surface area contributed by atoms with Crippen LogP contribution in [0.25, 0.3) is 0 Å². The van der Waals surface area contributed by atoms with Crippen molar-refractivity contribution in [3.8, 4) is 0 Å². The molecule has 0 bridgehead atoms. The van der Waals surface area contributed by atoms with Gasteiger partial charge in [0.1, 0.15) is 5.82 Å². The lowest BCUT2D eigenvalue weighted by atomic mass is 9.96. The van der Waals surface area contributed by atoms with Gasteiger partial charge in [-0.1, -0.05) is 39.8 Å². The van der Waals surface area contributed by atoms with Gasteiger partial charge in [-0.25, -0.2) is 23.5 Å². The van der Waals surface area contributed by atoms with E-state index >= 15 is 0 Å². The first-order chi connectivity index (χ1) is 15.3. The largest absolute Gasteiger partial charge is 0.340 e. The molecule has 0 saturated carbocycles. The summed E-state index contributed by atoms with van der Waals surface area (Å²) in [7, 11) is -3.75. The molecule has 0 aliphatic heterocycles. The molecule has 3 N–H and O–H groups in total. The predicted octanol–water partition coefficient (Wildman–Crippen LogP) is 4.48. The number of Topliss-reactive ketones (excluding diaryl/α,β-unsaturated/α-hetero) is 1. The third-order valence-electron chi connectivity index (χ3n) is 5.11. The summed E-state index contributed by atoms with van der Waals surface area (Å²) in [6.07, 6.45) is 3.86. The average Bonchev–Trinajstić information content (AvgIpc) is 2.78. The molecule has 1 heterocycles. The predicted molar refractivity (Wildman–Crippen MR) is 129 cm³/mol. The maximum absolute atomic E-state index is 12.5. The van der Waals surface area contributed by atoms with Crippen LogP contribution in [-0.4, -0.2) is 29.9 Å². The van der Waals surface area contributed by atoms with Gasteiger partial charge in [0.05, 0.1) is 16.3 Å². The number of carbonyl (C=O) groups excluding carboxylic acids is 1. The minimum absolute atomic E-state index is 0.0110. The molecule has 166 valence electrons. The van der Waals surface area contributed by atoms with Crippen molar-refractivity contribution in [2.75, 3.05) is 11.1 Å². The fourth-order valence-electron chi connectivity index (χ4n) is 3.45.